The fourth-order valence-electron chi connectivity index (χ4n) is 2.87. The van der Waals surface area contributed by atoms with E-state index in [9.17, 15) is 4.79 Å². The van der Waals surface area contributed by atoms with Crippen molar-refractivity contribution in [3.05, 3.63) is 83.9 Å². The van der Waals surface area contributed by atoms with E-state index in [1.54, 1.807) is 29.7 Å². The van der Waals surface area contributed by atoms with E-state index in [4.69, 9.17) is 4.74 Å². The molecule has 5 nitrogen and oxygen atoms in total. The highest BCUT2D eigenvalue weighted by molar-refractivity contribution is 7.13. The number of anilines is 1. The Balaban J connectivity index is 1.53. The van der Waals surface area contributed by atoms with Crippen LogP contribution in [-0.2, 0) is 0 Å². The Labute approximate surface area is 173 Å². The van der Waals surface area contributed by atoms with Gasteiger partial charge < -0.3 is 10.1 Å². The molecule has 0 atom stereocenters. The zero-order valence-electron chi connectivity index (χ0n) is 15.8. The number of amides is 1. The van der Waals surface area contributed by atoms with Crippen LogP contribution in [0.3, 0.4) is 0 Å². The van der Waals surface area contributed by atoms with Gasteiger partial charge in [-0.2, -0.15) is 0 Å². The lowest BCUT2D eigenvalue weighted by Gasteiger charge is -2.08. The molecular formula is C23H19N3O2S. The Hall–Kier alpha value is -3.51. The quantitative estimate of drug-likeness (QED) is 0.462. The fourth-order valence-corrected chi connectivity index (χ4v) is 3.67. The minimum Gasteiger partial charge on any atom is -0.494 e. The molecule has 29 heavy (non-hydrogen) atoms. The molecular weight excluding hydrogens is 382 g/mol. The van der Waals surface area contributed by atoms with Gasteiger partial charge in [0.05, 0.1) is 18.0 Å². The van der Waals surface area contributed by atoms with Gasteiger partial charge in [-0.25, -0.2) is 4.98 Å². The molecule has 2 heterocycles. The normalized spacial score (nSPS) is 10.5. The average Bonchev–Trinajstić information content (AvgIpc) is 3.25. The van der Waals surface area contributed by atoms with E-state index in [0.717, 1.165) is 22.0 Å². The van der Waals surface area contributed by atoms with Crippen LogP contribution in [-0.4, -0.2) is 22.5 Å². The number of benzene rings is 2. The van der Waals surface area contributed by atoms with Crippen molar-refractivity contribution >= 4 is 22.9 Å². The highest BCUT2D eigenvalue weighted by atomic mass is 32.1. The highest BCUT2D eigenvalue weighted by Gasteiger charge is 2.10. The maximum absolute atomic E-state index is 12.6. The van der Waals surface area contributed by atoms with Gasteiger partial charge in [0.1, 0.15) is 10.8 Å². The summed E-state index contributed by atoms with van der Waals surface area (Å²) < 4.78 is 5.47. The summed E-state index contributed by atoms with van der Waals surface area (Å²) >= 11 is 1.55. The van der Waals surface area contributed by atoms with Gasteiger partial charge in [-0.3, -0.25) is 9.78 Å². The first-order chi connectivity index (χ1) is 14.2. The first-order valence-electron chi connectivity index (χ1n) is 9.24. The van der Waals surface area contributed by atoms with Gasteiger partial charge in [0.2, 0.25) is 0 Å². The Morgan fingerprint density at radius 1 is 1.03 bits per heavy atom. The van der Waals surface area contributed by atoms with Gasteiger partial charge in [0.15, 0.2) is 0 Å². The number of nitrogens with zero attached hydrogens (tertiary/aromatic N) is 2. The molecule has 4 aromatic rings. The lowest BCUT2D eigenvalue weighted by atomic mass is 10.1. The zero-order valence-corrected chi connectivity index (χ0v) is 16.6. The molecule has 0 saturated heterocycles. The van der Waals surface area contributed by atoms with Crippen molar-refractivity contribution in [1.82, 2.24) is 9.97 Å². The monoisotopic (exact) mass is 401 g/mol. The fraction of sp³-hybridized carbons (Fsp3) is 0.0870. The molecule has 1 amide bonds. The summed E-state index contributed by atoms with van der Waals surface area (Å²) in [6, 6.07) is 20.6. The van der Waals surface area contributed by atoms with E-state index in [-0.39, 0.29) is 5.91 Å². The predicted molar refractivity (Wildman–Crippen MR) is 116 cm³/mol. The third-order valence-corrected chi connectivity index (χ3v) is 5.08. The number of pyridine rings is 1. The molecule has 4 rings (SSSR count). The highest BCUT2D eigenvalue weighted by Crippen LogP contribution is 2.29. The summed E-state index contributed by atoms with van der Waals surface area (Å²) in [5.74, 6) is 0.495. The number of carbonyl (C=O) groups excluding carboxylic acids is 1. The molecule has 2 aromatic carbocycles. The van der Waals surface area contributed by atoms with E-state index in [0.29, 0.717) is 23.6 Å². The summed E-state index contributed by atoms with van der Waals surface area (Å²) in [6.45, 7) is 2.47. The summed E-state index contributed by atoms with van der Waals surface area (Å²) in [5, 5.41) is 5.81. The topological polar surface area (TPSA) is 64.1 Å². The molecule has 1 N–H and O–H groups in total. The third-order valence-electron chi connectivity index (χ3n) is 4.21. The number of ether oxygens (including phenoxy) is 1. The van der Waals surface area contributed by atoms with Crippen molar-refractivity contribution in [1.29, 1.82) is 0 Å². The molecule has 0 aliphatic heterocycles. The molecule has 0 unspecified atom stereocenters. The Kier molecular flexibility index (Phi) is 5.63. The van der Waals surface area contributed by atoms with Crippen LogP contribution in [0, 0.1) is 0 Å². The van der Waals surface area contributed by atoms with Crippen LogP contribution in [0.2, 0.25) is 0 Å². The van der Waals surface area contributed by atoms with Crippen LogP contribution in [0.4, 0.5) is 5.69 Å². The zero-order chi connectivity index (χ0) is 20.1. The molecule has 2 aromatic heterocycles. The number of hydrogen-bond acceptors (Lipinski definition) is 5. The minimum atomic E-state index is -0.184. The van der Waals surface area contributed by atoms with Crippen LogP contribution >= 0.6 is 11.3 Å². The van der Waals surface area contributed by atoms with Crippen molar-refractivity contribution in [3.8, 4) is 27.7 Å². The van der Waals surface area contributed by atoms with Crippen LogP contribution in [0.15, 0.2) is 78.3 Å². The largest absolute Gasteiger partial charge is 0.494 e. The number of thiazole rings is 1. The van der Waals surface area contributed by atoms with Crippen molar-refractivity contribution in [2.75, 3.05) is 11.9 Å². The van der Waals surface area contributed by atoms with E-state index in [1.165, 1.54) is 0 Å². The Bertz CT molecular complexity index is 1130. The van der Waals surface area contributed by atoms with Gasteiger partial charge >= 0.3 is 0 Å². The standard InChI is InChI=1S/C23H19N3O2S/c1-2-28-19-10-6-8-17(14-19)22(27)25-18-9-5-7-16(13-18)21-15-29-23(26-21)20-11-3-4-12-24-20/h3-15H,2H2,1H3,(H,25,27). The van der Waals surface area contributed by atoms with Gasteiger partial charge in [0, 0.05) is 28.4 Å². The molecule has 0 saturated carbocycles. The van der Waals surface area contributed by atoms with E-state index in [2.05, 4.69) is 15.3 Å². The Morgan fingerprint density at radius 3 is 2.76 bits per heavy atom. The van der Waals surface area contributed by atoms with Crippen molar-refractivity contribution in [3.63, 3.8) is 0 Å². The second-order valence-electron chi connectivity index (χ2n) is 6.25. The second-order valence-corrected chi connectivity index (χ2v) is 7.11. The lowest BCUT2D eigenvalue weighted by Crippen LogP contribution is -2.12. The van der Waals surface area contributed by atoms with Crippen molar-refractivity contribution in [2.45, 2.75) is 6.92 Å². The van der Waals surface area contributed by atoms with Gasteiger partial charge in [0.25, 0.3) is 5.91 Å². The molecule has 0 aliphatic carbocycles. The van der Waals surface area contributed by atoms with Crippen LogP contribution in [0.1, 0.15) is 17.3 Å². The second kappa shape index (κ2) is 8.67. The molecule has 0 radical (unpaired) electrons. The molecule has 0 fully saturated rings. The van der Waals surface area contributed by atoms with E-state index < -0.39 is 0 Å². The molecule has 6 heteroatoms. The smallest absolute Gasteiger partial charge is 0.255 e. The number of rotatable bonds is 6. The maximum Gasteiger partial charge on any atom is 0.255 e. The average molecular weight is 401 g/mol. The van der Waals surface area contributed by atoms with Crippen LogP contribution in [0.25, 0.3) is 22.0 Å². The summed E-state index contributed by atoms with van der Waals surface area (Å²) in [6.07, 6.45) is 1.76. The minimum absolute atomic E-state index is 0.184. The number of carbonyl (C=O) groups is 1. The molecule has 144 valence electrons. The number of hydrogen-bond donors (Lipinski definition) is 1. The van der Waals surface area contributed by atoms with Crippen LogP contribution in [0.5, 0.6) is 5.75 Å². The number of nitrogens with one attached hydrogen (secondary N) is 1. The SMILES string of the molecule is CCOc1cccc(C(=O)Nc2cccc(-c3csc(-c4ccccn4)n3)c2)c1. The lowest BCUT2D eigenvalue weighted by molar-refractivity contribution is 0.102. The van der Waals surface area contributed by atoms with Crippen molar-refractivity contribution < 1.29 is 9.53 Å². The summed E-state index contributed by atoms with van der Waals surface area (Å²) in [4.78, 5) is 21.7. The summed E-state index contributed by atoms with van der Waals surface area (Å²) in [5.41, 5.74) is 3.89. The number of aromatic nitrogens is 2. The van der Waals surface area contributed by atoms with Gasteiger partial charge in [-0.05, 0) is 49.4 Å². The van der Waals surface area contributed by atoms with Crippen molar-refractivity contribution in [2.24, 2.45) is 0 Å². The Morgan fingerprint density at radius 2 is 1.93 bits per heavy atom. The first kappa shape index (κ1) is 18.8. The van der Waals surface area contributed by atoms with Gasteiger partial charge in [-0.15, -0.1) is 11.3 Å². The molecule has 0 aliphatic rings. The van der Waals surface area contributed by atoms with E-state index >= 15 is 0 Å². The maximum atomic E-state index is 12.6. The molecule has 0 spiro atoms. The first-order valence-corrected chi connectivity index (χ1v) is 10.1. The predicted octanol–water partition coefficient (Wildman–Crippen LogP) is 5.52. The molecule has 0 bridgehead atoms. The van der Waals surface area contributed by atoms with Crippen LogP contribution < -0.4 is 10.1 Å². The van der Waals surface area contributed by atoms with Gasteiger partial charge in [-0.1, -0.05) is 24.3 Å². The van der Waals surface area contributed by atoms with E-state index in [1.807, 2.05) is 66.9 Å². The summed E-state index contributed by atoms with van der Waals surface area (Å²) in [7, 11) is 0. The third kappa shape index (κ3) is 4.50.